The molecule has 2 aliphatic rings. The Morgan fingerprint density at radius 2 is 2.08 bits per heavy atom. The van der Waals surface area contributed by atoms with Crippen molar-refractivity contribution in [3.8, 4) is 0 Å². The van der Waals surface area contributed by atoms with Gasteiger partial charge in [-0.2, -0.15) is 0 Å². The van der Waals surface area contributed by atoms with E-state index in [0.717, 1.165) is 31.4 Å². The van der Waals surface area contributed by atoms with Crippen LogP contribution in [0.1, 0.15) is 54.4 Å². The first-order chi connectivity index (χ1) is 12.2. The molecule has 0 bridgehead atoms. The highest BCUT2D eigenvalue weighted by atomic mass is 16.1. The van der Waals surface area contributed by atoms with Crippen molar-refractivity contribution in [3.05, 3.63) is 42.0 Å². The van der Waals surface area contributed by atoms with Crippen LogP contribution in [0.5, 0.6) is 0 Å². The molecule has 1 saturated carbocycles. The molecule has 0 radical (unpaired) electrons. The van der Waals surface area contributed by atoms with Gasteiger partial charge in [-0.1, -0.05) is 6.42 Å². The van der Waals surface area contributed by atoms with Gasteiger partial charge in [0.25, 0.3) is 5.91 Å². The molecule has 2 aromatic rings. The Morgan fingerprint density at radius 1 is 1.28 bits per heavy atom. The van der Waals surface area contributed by atoms with E-state index in [0.29, 0.717) is 18.1 Å². The zero-order valence-corrected chi connectivity index (χ0v) is 14.6. The third-order valence-electron chi connectivity index (χ3n) is 5.33. The van der Waals surface area contributed by atoms with Gasteiger partial charge in [0.2, 0.25) is 0 Å². The average Bonchev–Trinajstić information content (AvgIpc) is 3.04. The second-order valence-electron chi connectivity index (χ2n) is 6.99. The van der Waals surface area contributed by atoms with E-state index >= 15 is 0 Å². The molecule has 4 rings (SSSR count). The zero-order chi connectivity index (χ0) is 17.2. The van der Waals surface area contributed by atoms with E-state index in [9.17, 15) is 4.79 Å². The van der Waals surface area contributed by atoms with Crippen LogP contribution in [0.25, 0.3) is 0 Å². The molecule has 1 fully saturated rings. The van der Waals surface area contributed by atoms with Crippen LogP contribution in [-0.2, 0) is 13.1 Å². The lowest BCUT2D eigenvalue weighted by atomic mass is 9.84. The molecule has 0 aromatic carbocycles. The summed E-state index contributed by atoms with van der Waals surface area (Å²) in [5.74, 6) is 2.26. The van der Waals surface area contributed by atoms with E-state index in [-0.39, 0.29) is 11.9 Å². The average molecular weight is 340 g/mol. The second kappa shape index (κ2) is 6.92. The maximum Gasteiger partial charge on any atom is 0.271 e. The molecule has 0 spiro atoms. The van der Waals surface area contributed by atoms with Crippen molar-refractivity contribution in [2.45, 2.75) is 45.3 Å². The highest BCUT2D eigenvalue weighted by Gasteiger charge is 2.30. The Kier molecular flexibility index (Phi) is 4.48. The predicted molar refractivity (Wildman–Crippen MR) is 92.8 cm³/mol. The standard InChI is InChI=1S/C18H24N6O/c1-13-17-22-15(18(25)21-10-16-19-6-3-7-20-16)12-24(17)9-8-23(13)11-14-4-2-5-14/h3,6-7,12-14H,2,4-5,8-11H2,1H3,(H,21,25)/t13-/m1/s1. The van der Waals surface area contributed by atoms with Gasteiger partial charge in [0.1, 0.15) is 17.3 Å². The molecule has 25 heavy (non-hydrogen) atoms. The second-order valence-corrected chi connectivity index (χ2v) is 6.99. The molecule has 3 heterocycles. The molecule has 2 aromatic heterocycles. The Hall–Kier alpha value is -2.28. The zero-order valence-electron chi connectivity index (χ0n) is 14.6. The number of carbonyl (C=O) groups is 1. The lowest BCUT2D eigenvalue weighted by molar-refractivity contribution is 0.0944. The minimum Gasteiger partial charge on any atom is -0.343 e. The van der Waals surface area contributed by atoms with Gasteiger partial charge in [-0.15, -0.1) is 0 Å². The van der Waals surface area contributed by atoms with Crippen LogP contribution in [-0.4, -0.2) is 43.4 Å². The van der Waals surface area contributed by atoms with Crippen LogP contribution in [0.4, 0.5) is 0 Å². The summed E-state index contributed by atoms with van der Waals surface area (Å²) in [5.41, 5.74) is 0.475. The number of amides is 1. The summed E-state index contributed by atoms with van der Waals surface area (Å²) in [6.07, 6.45) is 9.29. The molecule has 7 heteroatoms. The van der Waals surface area contributed by atoms with Gasteiger partial charge in [-0.25, -0.2) is 15.0 Å². The summed E-state index contributed by atoms with van der Waals surface area (Å²) in [6.45, 7) is 5.58. The fourth-order valence-corrected chi connectivity index (χ4v) is 3.57. The first-order valence-corrected chi connectivity index (χ1v) is 9.06. The van der Waals surface area contributed by atoms with Crippen LogP contribution < -0.4 is 5.32 Å². The quantitative estimate of drug-likeness (QED) is 0.898. The topological polar surface area (TPSA) is 75.9 Å². The number of nitrogens with one attached hydrogen (secondary N) is 1. The fourth-order valence-electron chi connectivity index (χ4n) is 3.57. The maximum absolute atomic E-state index is 12.4. The van der Waals surface area contributed by atoms with Gasteiger partial charge in [0.15, 0.2) is 0 Å². The van der Waals surface area contributed by atoms with Crippen LogP contribution in [0, 0.1) is 5.92 Å². The maximum atomic E-state index is 12.4. The van der Waals surface area contributed by atoms with Gasteiger partial charge < -0.3 is 9.88 Å². The van der Waals surface area contributed by atoms with Crippen molar-refractivity contribution in [3.63, 3.8) is 0 Å². The first kappa shape index (κ1) is 16.2. The number of fused-ring (bicyclic) bond motifs is 1. The number of hydrogen-bond donors (Lipinski definition) is 1. The van der Waals surface area contributed by atoms with E-state index in [2.05, 4.69) is 36.7 Å². The van der Waals surface area contributed by atoms with Crippen molar-refractivity contribution in [2.75, 3.05) is 13.1 Å². The molecular weight excluding hydrogens is 316 g/mol. The number of nitrogens with zero attached hydrogens (tertiary/aromatic N) is 5. The number of carbonyl (C=O) groups excluding carboxylic acids is 1. The number of rotatable bonds is 5. The predicted octanol–water partition coefficient (Wildman–Crippen LogP) is 1.78. The molecule has 132 valence electrons. The molecule has 1 aliphatic carbocycles. The van der Waals surface area contributed by atoms with Crippen LogP contribution in [0.15, 0.2) is 24.7 Å². The van der Waals surface area contributed by atoms with Gasteiger partial charge in [0, 0.05) is 38.2 Å². The normalized spacial score (nSPS) is 20.8. The fraction of sp³-hybridized carbons (Fsp3) is 0.556. The van der Waals surface area contributed by atoms with Crippen molar-refractivity contribution in [2.24, 2.45) is 5.92 Å². The van der Waals surface area contributed by atoms with E-state index < -0.39 is 0 Å². The summed E-state index contributed by atoms with van der Waals surface area (Å²) in [5, 5.41) is 2.85. The van der Waals surface area contributed by atoms with Crippen LogP contribution in [0.2, 0.25) is 0 Å². The molecule has 1 atom stereocenters. The smallest absolute Gasteiger partial charge is 0.271 e. The summed E-state index contributed by atoms with van der Waals surface area (Å²) < 4.78 is 2.12. The van der Waals surface area contributed by atoms with E-state index in [1.165, 1.54) is 19.3 Å². The molecule has 0 unspecified atom stereocenters. The monoisotopic (exact) mass is 340 g/mol. The van der Waals surface area contributed by atoms with Crippen molar-refractivity contribution in [1.82, 2.24) is 29.7 Å². The van der Waals surface area contributed by atoms with Crippen molar-refractivity contribution >= 4 is 5.91 Å². The summed E-state index contributed by atoms with van der Waals surface area (Å²) in [7, 11) is 0. The third-order valence-corrected chi connectivity index (χ3v) is 5.33. The van der Waals surface area contributed by atoms with E-state index in [4.69, 9.17) is 0 Å². The number of hydrogen-bond acceptors (Lipinski definition) is 5. The Morgan fingerprint density at radius 3 is 2.80 bits per heavy atom. The Balaban J connectivity index is 1.41. The summed E-state index contributed by atoms with van der Waals surface area (Å²) >= 11 is 0. The van der Waals surface area contributed by atoms with E-state index in [1.54, 1.807) is 18.5 Å². The highest BCUT2D eigenvalue weighted by Crippen LogP contribution is 2.31. The Bertz CT molecular complexity index is 739. The van der Waals surface area contributed by atoms with Crippen molar-refractivity contribution < 1.29 is 4.79 Å². The molecule has 0 saturated heterocycles. The summed E-state index contributed by atoms with van der Waals surface area (Å²) in [4.78, 5) is 27.7. The summed E-state index contributed by atoms with van der Waals surface area (Å²) in [6, 6.07) is 2.01. The van der Waals surface area contributed by atoms with Gasteiger partial charge >= 0.3 is 0 Å². The van der Waals surface area contributed by atoms with Gasteiger partial charge in [0.05, 0.1) is 12.6 Å². The molecule has 1 aliphatic heterocycles. The Labute approximate surface area is 147 Å². The lowest BCUT2D eigenvalue weighted by Crippen LogP contribution is -2.41. The third kappa shape index (κ3) is 3.42. The SMILES string of the molecule is C[C@@H]1c2nc(C(=O)NCc3ncccn3)cn2CCN1CC1CCC1. The molecule has 1 N–H and O–H groups in total. The number of imidazole rings is 1. The van der Waals surface area contributed by atoms with Gasteiger partial charge in [-0.05, 0) is 31.7 Å². The lowest BCUT2D eigenvalue weighted by Gasteiger charge is -2.38. The number of aromatic nitrogens is 4. The molecule has 7 nitrogen and oxygen atoms in total. The molecule has 1 amide bonds. The largest absolute Gasteiger partial charge is 0.343 e. The highest BCUT2D eigenvalue weighted by molar-refractivity contribution is 5.92. The van der Waals surface area contributed by atoms with Crippen LogP contribution >= 0.6 is 0 Å². The van der Waals surface area contributed by atoms with Gasteiger partial charge in [-0.3, -0.25) is 9.69 Å². The van der Waals surface area contributed by atoms with Crippen molar-refractivity contribution in [1.29, 1.82) is 0 Å². The van der Waals surface area contributed by atoms with E-state index in [1.807, 2.05) is 6.20 Å². The first-order valence-electron chi connectivity index (χ1n) is 9.06. The van der Waals surface area contributed by atoms with Crippen LogP contribution in [0.3, 0.4) is 0 Å². The minimum absolute atomic E-state index is 0.174. The molecular formula is C18H24N6O. The minimum atomic E-state index is -0.174.